The summed E-state index contributed by atoms with van der Waals surface area (Å²) >= 11 is 0. The number of rotatable bonds is 20. The Morgan fingerprint density at radius 3 is 0.625 bits per heavy atom. The van der Waals surface area contributed by atoms with E-state index >= 15 is 0 Å². The summed E-state index contributed by atoms with van der Waals surface area (Å²) in [6.07, 6.45) is -36.4. The van der Waals surface area contributed by atoms with E-state index in [1.165, 1.54) is 0 Å². The molecule has 0 aromatic heterocycles. The molecule has 0 bridgehead atoms. The maximum atomic E-state index is 13.8. The summed E-state index contributed by atoms with van der Waals surface area (Å²) < 4.78 is 484. The summed E-state index contributed by atoms with van der Waals surface area (Å²) in [6.45, 7) is 0. The van der Waals surface area contributed by atoms with E-state index in [-0.39, 0.29) is 0 Å². The summed E-state index contributed by atoms with van der Waals surface area (Å²) in [5.74, 6) is -128. The average Bonchev–Trinajstić information content (AvgIpc) is 3.04. The van der Waals surface area contributed by atoms with Crippen LogP contribution in [0.25, 0.3) is 0 Å². The second-order valence-electron chi connectivity index (χ2n) is 11.7. The number of carbonyl (C=O) groups is 2. The molecule has 0 fully saturated rings. The van der Waals surface area contributed by atoms with Gasteiger partial charge in [0.25, 0.3) is 0 Å². The number of halogens is 36. The molecule has 0 amide bonds. The van der Waals surface area contributed by atoms with Gasteiger partial charge in [-0.15, -0.1) is 0 Å². The van der Waals surface area contributed by atoms with Crippen LogP contribution in [0.3, 0.4) is 0 Å². The van der Waals surface area contributed by atoms with Gasteiger partial charge in [-0.1, -0.05) is 0 Å². The molecular formula is C24H8F36O4. The highest BCUT2D eigenvalue weighted by atomic mass is 19.4. The highest BCUT2D eigenvalue weighted by molar-refractivity contribution is 5.91. The van der Waals surface area contributed by atoms with E-state index in [4.69, 9.17) is 0 Å². The van der Waals surface area contributed by atoms with Crippen molar-refractivity contribution in [2.75, 3.05) is 0 Å². The zero-order chi connectivity index (χ0) is 52.6. The van der Waals surface area contributed by atoms with Crippen molar-refractivity contribution in [3.63, 3.8) is 0 Å². The average molecular weight is 1040 g/mol. The third-order valence-electron chi connectivity index (χ3n) is 7.25. The molecule has 0 aliphatic heterocycles. The van der Waals surface area contributed by atoms with E-state index in [1.54, 1.807) is 0 Å². The van der Waals surface area contributed by atoms with Gasteiger partial charge in [0.05, 0.1) is 12.8 Å². The van der Waals surface area contributed by atoms with Gasteiger partial charge in [-0.05, 0) is 0 Å². The van der Waals surface area contributed by atoms with Gasteiger partial charge in [-0.25, -0.2) is 18.4 Å². The van der Waals surface area contributed by atoms with Gasteiger partial charge >= 0.3 is 107 Å². The molecule has 0 aromatic rings. The SMILES string of the molecule is O=C(/C=C/C(=O)OC(F)CC(F)(F)C(F)(F)C(F)(F)C(F)(F)C(F)(F)C(F)(F)C(F)(F)C(F)(F)F)OC(F)CC(F)(F)C(F)(F)C(F)(F)C(F)(F)C(F)(F)C(F)(F)C(F)(F)C(F)(F)F. The van der Waals surface area contributed by atoms with Crippen molar-refractivity contribution in [3.8, 4) is 0 Å². The first-order valence-corrected chi connectivity index (χ1v) is 14.1. The van der Waals surface area contributed by atoms with Crippen LogP contribution in [0, 0.1) is 0 Å². The van der Waals surface area contributed by atoms with Crippen molar-refractivity contribution >= 4 is 11.9 Å². The second kappa shape index (κ2) is 16.5. The second-order valence-corrected chi connectivity index (χ2v) is 11.7. The van der Waals surface area contributed by atoms with Crippen LogP contribution < -0.4 is 0 Å². The van der Waals surface area contributed by atoms with Gasteiger partial charge in [0.1, 0.15) is 0 Å². The van der Waals surface area contributed by atoms with Crippen LogP contribution in [-0.2, 0) is 19.1 Å². The molecule has 0 saturated carbocycles. The first-order valence-electron chi connectivity index (χ1n) is 14.1. The Morgan fingerprint density at radius 1 is 0.297 bits per heavy atom. The number of hydrogen-bond acceptors (Lipinski definition) is 4. The highest BCUT2D eigenvalue weighted by Crippen LogP contribution is 2.66. The molecule has 2 atom stereocenters. The van der Waals surface area contributed by atoms with E-state index in [9.17, 15) is 168 Å². The van der Waals surface area contributed by atoms with Crippen molar-refractivity contribution in [1.82, 2.24) is 0 Å². The molecule has 0 radical (unpaired) electrons. The predicted molar refractivity (Wildman–Crippen MR) is 122 cm³/mol. The Labute approximate surface area is 323 Å². The Balaban J connectivity index is 6.21. The molecule has 0 aliphatic carbocycles. The van der Waals surface area contributed by atoms with Crippen LogP contribution in [0.1, 0.15) is 12.8 Å². The number of esters is 2. The van der Waals surface area contributed by atoms with Crippen molar-refractivity contribution in [3.05, 3.63) is 12.2 Å². The summed E-state index contributed by atoms with van der Waals surface area (Å²) in [5.41, 5.74) is 0. The van der Waals surface area contributed by atoms with E-state index in [0.717, 1.165) is 0 Å². The molecule has 0 heterocycles. The Bertz CT molecular complexity index is 1580. The van der Waals surface area contributed by atoms with E-state index in [2.05, 4.69) is 9.47 Å². The van der Waals surface area contributed by atoms with Crippen molar-refractivity contribution in [2.45, 2.75) is 121 Å². The molecule has 0 aromatic carbocycles. The minimum Gasteiger partial charge on any atom is -0.428 e. The van der Waals surface area contributed by atoms with E-state index in [0.29, 0.717) is 0 Å². The number of ether oxygens (including phenoxy) is 2. The lowest BCUT2D eigenvalue weighted by Crippen LogP contribution is -2.74. The van der Waals surface area contributed by atoms with Gasteiger partial charge in [0.2, 0.25) is 12.7 Å². The summed E-state index contributed by atoms with van der Waals surface area (Å²) in [4.78, 5) is 22.6. The minimum absolute atomic E-state index is 1.06. The number of hydrogen-bond donors (Lipinski definition) is 0. The lowest BCUT2D eigenvalue weighted by molar-refractivity contribution is -0.462. The summed E-state index contributed by atoms with van der Waals surface area (Å²) in [6, 6.07) is 0. The van der Waals surface area contributed by atoms with Crippen molar-refractivity contribution in [2.24, 2.45) is 0 Å². The fourth-order valence-corrected chi connectivity index (χ4v) is 3.60. The van der Waals surface area contributed by atoms with Gasteiger partial charge in [-0.2, -0.15) is 149 Å². The standard InChI is InChI=1S/C24H8F36O4/c25-5(3-9(27,28)11(31,32)13(35,36)15(39,40)17(43,44)19(47,48)21(51,52)23(55,56)57)63-7(61)1-2-8(62)64-6(26)4-10(29,30)12(33,34)14(37,38)16(41,42)18(45,46)20(49,50)22(53,54)24(58,59)60/h1-2,5-6H,3-4H2/b2-1+. The Hall–Kier alpha value is -3.84. The van der Waals surface area contributed by atoms with Gasteiger partial charge in [0.15, 0.2) is 0 Å². The minimum atomic E-state index is -9.15. The van der Waals surface area contributed by atoms with Crippen LogP contribution in [-0.4, -0.2) is 120 Å². The van der Waals surface area contributed by atoms with Gasteiger partial charge in [0, 0.05) is 12.2 Å². The topological polar surface area (TPSA) is 52.6 Å². The van der Waals surface area contributed by atoms with E-state index in [1.807, 2.05) is 0 Å². The maximum Gasteiger partial charge on any atom is 0.460 e. The number of carbonyl (C=O) groups excluding carboxylic acids is 2. The van der Waals surface area contributed by atoms with Crippen LogP contribution in [0.2, 0.25) is 0 Å². The molecular weight excluding hydrogens is 1040 g/mol. The third-order valence-corrected chi connectivity index (χ3v) is 7.25. The molecule has 0 saturated heterocycles. The normalized spacial score (nSPS) is 17.1. The predicted octanol–water partition coefficient (Wildman–Crippen LogP) is 12.0. The smallest absolute Gasteiger partial charge is 0.428 e. The first-order chi connectivity index (χ1) is 27.3. The van der Waals surface area contributed by atoms with Crippen LogP contribution in [0.15, 0.2) is 12.2 Å². The quantitative estimate of drug-likeness (QED) is 0.0693. The first kappa shape index (κ1) is 60.2. The van der Waals surface area contributed by atoms with Crippen molar-refractivity contribution < 1.29 is 177 Å². The van der Waals surface area contributed by atoms with Crippen LogP contribution in [0.5, 0.6) is 0 Å². The summed E-state index contributed by atoms with van der Waals surface area (Å²) in [5, 5.41) is 0. The molecule has 380 valence electrons. The molecule has 40 heteroatoms. The largest absolute Gasteiger partial charge is 0.460 e. The molecule has 0 aliphatic rings. The van der Waals surface area contributed by atoms with Gasteiger partial charge in [-0.3, -0.25) is 0 Å². The highest BCUT2D eigenvalue weighted by Gasteiger charge is 2.97. The zero-order valence-corrected chi connectivity index (χ0v) is 28.0. The molecule has 0 N–H and O–H groups in total. The summed E-state index contributed by atoms with van der Waals surface area (Å²) in [7, 11) is 0. The van der Waals surface area contributed by atoms with Crippen LogP contribution >= 0.6 is 0 Å². The van der Waals surface area contributed by atoms with E-state index < -0.39 is 145 Å². The lowest BCUT2D eigenvalue weighted by atomic mass is 9.88. The lowest BCUT2D eigenvalue weighted by Gasteiger charge is -2.42. The molecule has 0 rings (SSSR count). The van der Waals surface area contributed by atoms with Crippen LogP contribution in [0.4, 0.5) is 158 Å². The Kier molecular flexibility index (Phi) is 15.5. The zero-order valence-electron chi connectivity index (χ0n) is 28.0. The third kappa shape index (κ3) is 9.02. The fraction of sp³-hybridized carbons (Fsp3) is 0.833. The fourth-order valence-electron chi connectivity index (χ4n) is 3.60. The van der Waals surface area contributed by atoms with Crippen molar-refractivity contribution in [1.29, 1.82) is 0 Å². The molecule has 2 unspecified atom stereocenters. The van der Waals surface area contributed by atoms with Gasteiger partial charge < -0.3 is 9.47 Å². The maximum absolute atomic E-state index is 13.8. The monoisotopic (exact) mass is 1040 g/mol. The molecule has 4 nitrogen and oxygen atoms in total. The molecule has 0 spiro atoms. The number of alkyl halides is 36. The molecule has 64 heavy (non-hydrogen) atoms. The Morgan fingerprint density at radius 2 is 0.453 bits per heavy atom.